The van der Waals surface area contributed by atoms with Crippen molar-refractivity contribution < 1.29 is 14.3 Å². The Morgan fingerprint density at radius 2 is 1.74 bits per heavy atom. The van der Waals surface area contributed by atoms with Gasteiger partial charge in [0.05, 0.1) is 5.41 Å². The van der Waals surface area contributed by atoms with Crippen LogP contribution in [0.1, 0.15) is 43.2 Å². The number of carbonyl (C=O) groups is 1. The summed E-state index contributed by atoms with van der Waals surface area (Å²) in [6.45, 7) is 9.31. The predicted molar refractivity (Wildman–Crippen MR) is 135 cm³/mol. The van der Waals surface area contributed by atoms with Gasteiger partial charge < -0.3 is 19.7 Å². The summed E-state index contributed by atoms with van der Waals surface area (Å²) >= 11 is 0. The smallest absolute Gasteiger partial charge is 0.230 e. The Labute approximate surface area is 203 Å². The lowest BCUT2D eigenvalue weighted by Crippen LogP contribution is -2.47. The van der Waals surface area contributed by atoms with Gasteiger partial charge in [0.15, 0.2) is 11.5 Å². The van der Waals surface area contributed by atoms with Gasteiger partial charge in [-0.25, -0.2) is 0 Å². The molecule has 0 radical (unpaired) electrons. The van der Waals surface area contributed by atoms with Crippen LogP contribution >= 0.6 is 0 Å². The highest BCUT2D eigenvalue weighted by atomic mass is 16.6. The fourth-order valence-electron chi connectivity index (χ4n) is 5.69. The molecular formula is C28H37N3O3. The molecule has 1 N–H and O–H groups in total. The first-order chi connectivity index (χ1) is 16.6. The normalized spacial score (nSPS) is 19.7. The summed E-state index contributed by atoms with van der Waals surface area (Å²) in [5.74, 6) is 1.73. The van der Waals surface area contributed by atoms with Gasteiger partial charge in [-0.2, -0.15) is 0 Å². The molecule has 0 aromatic heterocycles. The molecule has 1 amide bonds. The SMILES string of the molecule is Cc1cccc(N2CCN(CCCNC(=O)C3(c4ccc5c(c4)OCCO5)CCCC3)CC2)c1. The standard InChI is InChI=1S/C28H37N3O3/c1-22-6-4-7-24(20-22)31-16-14-30(15-17-31)13-5-12-29-27(32)28(10-2-3-11-28)23-8-9-25-26(21-23)34-19-18-33-25/h4,6-9,20-21H,2-3,5,10-19H2,1H3,(H,29,32). The molecule has 2 aromatic carbocycles. The first-order valence-corrected chi connectivity index (χ1v) is 12.9. The van der Waals surface area contributed by atoms with Gasteiger partial charge in [0, 0.05) is 38.4 Å². The number of hydrogen-bond acceptors (Lipinski definition) is 5. The van der Waals surface area contributed by atoms with Crippen LogP contribution in [-0.4, -0.2) is 63.3 Å². The molecule has 1 saturated carbocycles. The summed E-state index contributed by atoms with van der Waals surface area (Å²) in [6, 6.07) is 14.8. The first-order valence-electron chi connectivity index (χ1n) is 12.9. The van der Waals surface area contributed by atoms with Gasteiger partial charge in [-0.3, -0.25) is 9.69 Å². The van der Waals surface area contributed by atoms with Crippen LogP contribution in [0.4, 0.5) is 5.69 Å². The van der Waals surface area contributed by atoms with Crippen molar-refractivity contribution in [2.45, 2.75) is 44.4 Å². The number of anilines is 1. The van der Waals surface area contributed by atoms with Gasteiger partial charge in [-0.05, 0) is 68.1 Å². The quantitative estimate of drug-likeness (QED) is 0.631. The zero-order chi connectivity index (χ0) is 23.4. The largest absolute Gasteiger partial charge is 0.486 e. The van der Waals surface area contributed by atoms with Gasteiger partial charge in [-0.1, -0.05) is 31.0 Å². The van der Waals surface area contributed by atoms with Crippen LogP contribution in [0.3, 0.4) is 0 Å². The maximum absolute atomic E-state index is 13.4. The molecule has 1 saturated heterocycles. The van der Waals surface area contributed by atoms with Crippen molar-refractivity contribution in [3.8, 4) is 11.5 Å². The Kier molecular flexibility index (Phi) is 6.95. The van der Waals surface area contributed by atoms with Crippen molar-refractivity contribution in [2.24, 2.45) is 0 Å². The van der Waals surface area contributed by atoms with Crippen LogP contribution in [0.2, 0.25) is 0 Å². The number of piperazine rings is 1. The second-order valence-electron chi connectivity index (χ2n) is 9.92. The van der Waals surface area contributed by atoms with E-state index in [9.17, 15) is 4.79 Å². The average molecular weight is 464 g/mol. The van der Waals surface area contributed by atoms with E-state index >= 15 is 0 Å². The van der Waals surface area contributed by atoms with E-state index in [2.05, 4.69) is 52.4 Å². The number of aryl methyl sites for hydroxylation is 1. The van der Waals surface area contributed by atoms with Crippen molar-refractivity contribution in [3.05, 3.63) is 53.6 Å². The van der Waals surface area contributed by atoms with E-state index in [4.69, 9.17) is 9.47 Å². The molecule has 0 spiro atoms. The maximum atomic E-state index is 13.4. The van der Waals surface area contributed by atoms with E-state index in [1.54, 1.807) is 0 Å². The van der Waals surface area contributed by atoms with Crippen molar-refractivity contribution in [1.29, 1.82) is 0 Å². The van der Waals surface area contributed by atoms with Crippen LogP contribution in [-0.2, 0) is 10.2 Å². The number of amides is 1. The summed E-state index contributed by atoms with van der Waals surface area (Å²) in [7, 11) is 0. The number of fused-ring (bicyclic) bond motifs is 1. The third-order valence-electron chi connectivity index (χ3n) is 7.66. The van der Waals surface area contributed by atoms with Crippen molar-refractivity contribution in [2.75, 3.05) is 57.4 Å². The fraction of sp³-hybridized carbons (Fsp3) is 0.536. The Balaban J connectivity index is 1.11. The molecule has 1 aliphatic carbocycles. The highest BCUT2D eigenvalue weighted by Crippen LogP contribution is 2.44. The third-order valence-corrected chi connectivity index (χ3v) is 7.66. The molecule has 2 fully saturated rings. The van der Waals surface area contributed by atoms with E-state index in [-0.39, 0.29) is 5.91 Å². The van der Waals surface area contributed by atoms with E-state index in [0.717, 1.165) is 88.4 Å². The van der Waals surface area contributed by atoms with E-state index in [1.165, 1.54) is 11.3 Å². The highest BCUT2D eigenvalue weighted by Gasteiger charge is 2.43. The van der Waals surface area contributed by atoms with Gasteiger partial charge in [-0.15, -0.1) is 0 Å². The third kappa shape index (κ3) is 4.88. The van der Waals surface area contributed by atoms with Crippen molar-refractivity contribution >= 4 is 11.6 Å². The molecule has 0 unspecified atom stereocenters. The zero-order valence-electron chi connectivity index (χ0n) is 20.4. The number of nitrogens with zero attached hydrogens (tertiary/aromatic N) is 2. The van der Waals surface area contributed by atoms with Gasteiger partial charge in [0.2, 0.25) is 5.91 Å². The molecule has 6 heteroatoms. The Bertz CT molecular complexity index is 994. The topological polar surface area (TPSA) is 54.0 Å². The zero-order valence-corrected chi connectivity index (χ0v) is 20.4. The number of rotatable bonds is 7. The van der Waals surface area contributed by atoms with E-state index < -0.39 is 5.41 Å². The molecule has 5 rings (SSSR count). The molecule has 6 nitrogen and oxygen atoms in total. The van der Waals surface area contributed by atoms with Gasteiger partial charge in [0.1, 0.15) is 13.2 Å². The molecule has 182 valence electrons. The summed E-state index contributed by atoms with van der Waals surface area (Å²) in [5, 5.41) is 3.28. The lowest BCUT2D eigenvalue weighted by atomic mass is 9.77. The van der Waals surface area contributed by atoms with Crippen molar-refractivity contribution in [3.63, 3.8) is 0 Å². The number of nitrogens with one attached hydrogen (secondary N) is 1. The lowest BCUT2D eigenvalue weighted by molar-refractivity contribution is -0.126. The highest BCUT2D eigenvalue weighted by molar-refractivity contribution is 5.88. The second-order valence-corrected chi connectivity index (χ2v) is 9.92. The molecule has 34 heavy (non-hydrogen) atoms. The predicted octanol–water partition coefficient (Wildman–Crippen LogP) is 3.91. The van der Waals surface area contributed by atoms with Crippen LogP contribution in [0, 0.1) is 6.92 Å². The van der Waals surface area contributed by atoms with E-state index in [1.807, 2.05) is 12.1 Å². The molecule has 3 aliphatic rings. The van der Waals surface area contributed by atoms with Crippen LogP contribution in [0.5, 0.6) is 11.5 Å². The van der Waals surface area contributed by atoms with Crippen LogP contribution in [0.15, 0.2) is 42.5 Å². The second kappa shape index (κ2) is 10.3. The number of benzene rings is 2. The van der Waals surface area contributed by atoms with E-state index in [0.29, 0.717) is 13.2 Å². The molecule has 0 bridgehead atoms. The summed E-state index contributed by atoms with van der Waals surface area (Å²) in [6.07, 6.45) is 4.96. The minimum absolute atomic E-state index is 0.172. The Morgan fingerprint density at radius 3 is 2.50 bits per heavy atom. The molecule has 2 aliphatic heterocycles. The van der Waals surface area contributed by atoms with Gasteiger partial charge in [0.25, 0.3) is 0 Å². The van der Waals surface area contributed by atoms with Crippen LogP contribution in [0.25, 0.3) is 0 Å². The Morgan fingerprint density at radius 1 is 0.971 bits per heavy atom. The summed E-state index contributed by atoms with van der Waals surface area (Å²) in [5.41, 5.74) is 3.27. The molecule has 2 aromatic rings. The molecule has 0 atom stereocenters. The fourth-order valence-corrected chi connectivity index (χ4v) is 5.69. The van der Waals surface area contributed by atoms with Crippen LogP contribution < -0.4 is 19.7 Å². The molecule has 2 heterocycles. The monoisotopic (exact) mass is 463 g/mol. The Hall–Kier alpha value is -2.73. The van der Waals surface area contributed by atoms with Gasteiger partial charge >= 0.3 is 0 Å². The van der Waals surface area contributed by atoms with Crippen molar-refractivity contribution in [1.82, 2.24) is 10.2 Å². The summed E-state index contributed by atoms with van der Waals surface area (Å²) < 4.78 is 11.5. The molecular weight excluding hydrogens is 426 g/mol. The lowest BCUT2D eigenvalue weighted by Gasteiger charge is -2.36. The number of carbonyl (C=O) groups excluding carboxylic acids is 1. The maximum Gasteiger partial charge on any atom is 0.230 e. The number of ether oxygens (including phenoxy) is 2. The average Bonchev–Trinajstić information content (AvgIpc) is 3.38. The summed E-state index contributed by atoms with van der Waals surface area (Å²) in [4.78, 5) is 18.4. The first kappa shape index (κ1) is 23.0. The minimum Gasteiger partial charge on any atom is -0.486 e. The minimum atomic E-state index is -0.435. The number of hydrogen-bond donors (Lipinski definition) is 1.